The molecular weight excluding hydrogens is 284 g/mol. The van der Waals surface area contributed by atoms with E-state index >= 15 is 0 Å². The molecule has 1 fully saturated rings. The van der Waals surface area contributed by atoms with E-state index in [1.165, 1.54) is 38.5 Å². The average Bonchev–Trinajstić information content (AvgIpc) is 2.51. The highest BCUT2D eigenvalue weighted by atomic mass is 16.6. The van der Waals surface area contributed by atoms with Crippen LogP contribution in [0.25, 0.3) is 0 Å². The number of aliphatic hydroxyl groups excluding tert-OH is 3. The maximum atomic E-state index is 10.0. The molecule has 5 nitrogen and oxygen atoms in total. The van der Waals surface area contributed by atoms with Crippen LogP contribution in [0.5, 0.6) is 0 Å². The average molecular weight is 318 g/mol. The number of hydrogen-bond acceptors (Lipinski definition) is 5. The van der Waals surface area contributed by atoms with E-state index < -0.39 is 17.8 Å². The first kappa shape index (κ1) is 19.8. The zero-order valence-electron chi connectivity index (χ0n) is 14.0. The first-order valence-electron chi connectivity index (χ1n) is 8.83. The molecule has 132 valence electrons. The predicted octanol–water partition coefficient (Wildman–Crippen LogP) is 2.02. The van der Waals surface area contributed by atoms with Crippen molar-refractivity contribution in [3.63, 3.8) is 0 Å². The lowest BCUT2D eigenvalue weighted by Gasteiger charge is -2.41. The number of hydrogen-bond donors (Lipinski definition) is 3. The van der Waals surface area contributed by atoms with E-state index in [1.807, 2.05) is 0 Å². The fourth-order valence-electron chi connectivity index (χ4n) is 2.82. The third kappa shape index (κ3) is 6.92. The molecule has 0 amide bonds. The van der Waals surface area contributed by atoms with Gasteiger partial charge in [0.05, 0.1) is 32.0 Å². The molecule has 1 aliphatic rings. The van der Waals surface area contributed by atoms with Crippen molar-refractivity contribution in [2.45, 2.75) is 82.5 Å². The second-order valence-electron chi connectivity index (χ2n) is 6.47. The summed E-state index contributed by atoms with van der Waals surface area (Å²) < 4.78 is 11.0. The summed E-state index contributed by atoms with van der Waals surface area (Å²) in [6.07, 6.45) is 8.63. The molecule has 0 aliphatic carbocycles. The molecule has 1 unspecified atom stereocenters. The molecule has 0 aromatic rings. The summed E-state index contributed by atoms with van der Waals surface area (Å²) in [4.78, 5) is 0. The Morgan fingerprint density at radius 1 is 1.05 bits per heavy atom. The molecule has 3 atom stereocenters. The highest BCUT2D eigenvalue weighted by Gasteiger charge is 2.43. The molecule has 0 aromatic carbocycles. The maximum absolute atomic E-state index is 10.0. The van der Waals surface area contributed by atoms with Gasteiger partial charge in [-0.15, -0.1) is 0 Å². The van der Waals surface area contributed by atoms with E-state index in [1.54, 1.807) is 0 Å². The van der Waals surface area contributed by atoms with Gasteiger partial charge in [0.25, 0.3) is 0 Å². The van der Waals surface area contributed by atoms with Crippen LogP contribution in [0.15, 0.2) is 0 Å². The highest BCUT2D eigenvalue weighted by molar-refractivity contribution is 4.93. The van der Waals surface area contributed by atoms with Gasteiger partial charge in [0.15, 0.2) is 0 Å². The Hall–Kier alpha value is -0.200. The minimum atomic E-state index is -1.07. The number of unbranched alkanes of at least 4 members (excludes halogenated alkanes) is 7. The summed E-state index contributed by atoms with van der Waals surface area (Å²) in [7, 11) is 0. The summed E-state index contributed by atoms with van der Waals surface area (Å²) in [5, 5.41) is 28.9. The van der Waals surface area contributed by atoms with Crippen LogP contribution in [0.2, 0.25) is 0 Å². The van der Waals surface area contributed by atoms with Crippen molar-refractivity contribution < 1.29 is 24.8 Å². The van der Waals surface area contributed by atoms with Crippen LogP contribution >= 0.6 is 0 Å². The third-order valence-electron chi connectivity index (χ3n) is 4.42. The van der Waals surface area contributed by atoms with Gasteiger partial charge in [-0.3, -0.25) is 0 Å². The topological polar surface area (TPSA) is 79.2 Å². The fraction of sp³-hybridized carbons (Fsp3) is 1.00. The first-order valence-corrected chi connectivity index (χ1v) is 8.83. The first-order chi connectivity index (χ1) is 10.6. The van der Waals surface area contributed by atoms with Gasteiger partial charge in [-0.25, -0.2) is 0 Å². The van der Waals surface area contributed by atoms with Gasteiger partial charge in [0.2, 0.25) is 0 Å². The van der Waals surface area contributed by atoms with Gasteiger partial charge < -0.3 is 24.8 Å². The van der Waals surface area contributed by atoms with E-state index in [9.17, 15) is 15.3 Å². The Kier molecular flexibility index (Phi) is 10.2. The molecule has 1 heterocycles. The molecule has 0 aromatic heterocycles. The molecule has 0 spiro atoms. The largest absolute Gasteiger partial charge is 0.393 e. The molecule has 3 N–H and O–H groups in total. The Morgan fingerprint density at radius 3 is 2.27 bits per heavy atom. The van der Waals surface area contributed by atoms with Gasteiger partial charge in [-0.2, -0.15) is 0 Å². The molecular formula is C17H34O5. The molecule has 22 heavy (non-hydrogen) atoms. The van der Waals surface area contributed by atoms with Gasteiger partial charge in [-0.1, -0.05) is 51.9 Å². The number of aliphatic hydroxyl groups is 3. The van der Waals surface area contributed by atoms with Crippen LogP contribution in [-0.2, 0) is 9.47 Å². The van der Waals surface area contributed by atoms with E-state index in [4.69, 9.17) is 9.47 Å². The number of ether oxygens (including phenoxy) is 2. The van der Waals surface area contributed by atoms with Gasteiger partial charge >= 0.3 is 0 Å². The Morgan fingerprint density at radius 2 is 1.68 bits per heavy atom. The lowest BCUT2D eigenvalue weighted by molar-refractivity contribution is -0.224. The Balaban J connectivity index is 2.05. The second-order valence-corrected chi connectivity index (χ2v) is 6.47. The Labute approximate surface area is 134 Å². The highest BCUT2D eigenvalue weighted by Crippen LogP contribution is 2.26. The predicted molar refractivity (Wildman–Crippen MR) is 85.8 cm³/mol. The summed E-state index contributed by atoms with van der Waals surface area (Å²) in [5.41, 5.74) is -1.07. The van der Waals surface area contributed by atoms with Crippen molar-refractivity contribution in [2.75, 3.05) is 26.4 Å². The summed E-state index contributed by atoms with van der Waals surface area (Å²) in [6.45, 7) is 2.87. The van der Waals surface area contributed by atoms with E-state index in [0.29, 0.717) is 6.61 Å². The second kappa shape index (κ2) is 11.4. The summed E-state index contributed by atoms with van der Waals surface area (Å²) in [6, 6.07) is 0. The zero-order chi connectivity index (χ0) is 16.3. The normalized spacial score (nSPS) is 28.9. The van der Waals surface area contributed by atoms with Crippen LogP contribution in [0, 0.1) is 0 Å². The molecule has 0 radical (unpaired) electrons. The lowest BCUT2D eigenvalue weighted by atomic mass is 9.91. The molecule has 1 aliphatic heterocycles. The monoisotopic (exact) mass is 318 g/mol. The van der Waals surface area contributed by atoms with Crippen molar-refractivity contribution in [3.8, 4) is 0 Å². The number of rotatable bonds is 12. The van der Waals surface area contributed by atoms with E-state index in [2.05, 4.69) is 6.92 Å². The standard InChI is InChI=1S/C17H34O5/c1-2-3-4-5-6-7-8-9-10-21-14-17(13-18)16(20)11-15(19)12-22-17/h15-16,18-20H,2-14H2,1H3/t15-,16?,17+/m0/s1. The minimum absolute atomic E-state index is 0.138. The van der Waals surface area contributed by atoms with Crippen LogP contribution in [0.1, 0.15) is 64.7 Å². The fourth-order valence-corrected chi connectivity index (χ4v) is 2.82. The molecule has 1 rings (SSSR count). The maximum Gasteiger partial charge on any atom is 0.140 e. The van der Waals surface area contributed by atoms with Crippen molar-refractivity contribution in [3.05, 3.63) is 0 Å². The van der Waals surface area contributed by atoms with Crippen LogP contribution in [-0.4, -0.2) is 59.6 Å². The van der Waals surface area contributed by atoms with Gasteiger partial charge in [0, 0.05) is 13.0 Å². The van der Waals surface area contributed by atoms with Crippen LogP contribution < -0.4 is 0 Å². The Bertz CT molecular complexity index is 274. The summed E-state index contributed by atoms with van der Waals surface area (Å²) >= 11 is 0. The van der Waals surface area contributed by atoms with Crippen molar-refractivity contribution in [2.24, 2.45) is 0 Å². The van der Waals surface area contributed by atoms with E-state index in [0.717, 1.165) is 12.8 Å². The SMILES string of the molecule is CCCCCCCCCCOC[C@@]1(CO)OC[C@@H](O)CC1O. The molecule has 0 saturated carbocycles. The lowest BCUT2D eigenvalue weighted by Crippen LogP contribution is -2.57. The zero-order valence-corrected chi connectivity index (χ0v) is 14.0. The van der Waals surface area contributed by atoms with Crippen molar-refractivity contribution >= 4 is 0 Å². The smallest absolute Gasteiger partial charge is 0.140 e. The van der Waals surface area contributed by atoms with Crippen molar-refractivity contribution in [1.29, 1.82) is 0 Å². The van der Waals surface area contributed by atoms with Gasteiger partial charge in [0.1, 0.15) is 5.60 Å². The molecule has 1 saturated heterocycles. The van der Waals surface area contributed by atoms with Gasteiger partial charge in [-0.05, 0) is 6.42 Å². The molecule has 5 heteroatoms. The quantitative estimate of drug-likeness (QED) is 0.480. The molecule has 0 bridgehead atoms. The summed E-state index contributed by atoms with van der Waals surface area (Å²) in [5.74, 6) is 0. The third-order valence-corrected chi connectivity index (χ3v) is 4.42. The van der Waals surface area contributed by atoms with Crippen LogP contribution in [0.4, 0.5) is 0 Å². The van der Waals surface area contributed by atoms with Crippen molar-refractivity contribution in [1.82, 2.24) is 0 Å². The van der Waals surface area contributed by atoms with E-state index in [-0.39, 0.29) is 26.2 Å². The minimum Gasteiger partial charge on any atom is -0.393 e. The van der Waals surface area contributed by atoms with Crippen LogP contribution in [0.3, 0.4) is 0 Å².